The molecule has 2 aliphatic rings. The number of rotatable bonds is 4. The van der Waals surface area contributed by atoms with E-state index >= 15 is 0 Å². The molecule has 0 radical (unpaired) electrons. The first kappa shape index (κ1) is 14.8. The predicted octanol–water partition coefficient (Wildman–Crippen LogP) is 2.58. The topological polar surface area (TPSA) is 53.7 Å². The van der Waals surface area contributed by atoms with Crippen molar-refractivity contribution in [3.05, 3.63) is 23.7 Å². The van der Waals surface area contributed by atoms with Crippen molar-refractivity contribution < 1.29 is 23.1 Å². The van der Waals surface area contributed by atoms with E-state index in [2.05, 4.69) is 0 Å². The van der Waals surface area contributed by atoms with Crippen molar-refractivity contribution in [2.75, 3.05) is 13.1 Å². The average molecular weight is 317 g/mol. The Morgan fingerprint density at radius 2 is 2.24 bits per heavy atom. The predicted molar refractivity (Wildman–Crippen MR) is 74.1 cm³/mol. The van der Waals surface area contributed by atoms with E-state index in [9.17, 15) is 18.7 Å². The second-order valence-corrected chi connectivity index (χ2v) is 6.59. The Kier molecular flexibility index (Phi) is 4.21. The van der Waals surface area contributed by atoms with E-state index in [4.69, 9.17) is 4.42 Å². The van der Waals surface area contributed by atoms with Crippen LogP contribution in [-0.2, 0) is 5.75 Å². The zero-order valence-corrected chi connectivity index (χ0v) is 12.2. The van der Waals surface area contributed by atoms with Crippen LogP contribution in [-0.4, -0.2) is 40.9 Å². The Bertz CT molecular complexity index is 522. The Morgan fingerprint density at radius 1 is 1.43 bits per heavy atom. The minimum Gasteiger partial charge on any atom is -0.455 e. The molecule has 2 fully saturated rings. The highest BCUT2D eigenvalue weighted by Gasteiger charge is 2.43. The monoisotopic (exact) mass is 317 g/mol. The number of hydrogen-bond acceptors (Lipinski definition) is 4. The maximum Gasteiger partial charge on any atom is 0.289 e. The summed E-state index contributed by atoms with van der Waals surface area (Å²) in [6.07, 6.45) is 1.44. The highest BCUT2D eigenvalue weighted by Crippen LogP contribution is 2.38. The first-order valence-electron chi connectivity index (χ1n) is 7.00. The molecule has 3 unspecified atom stereocenters. The summed E-state index contributed by atoms with van der Waals surface area (Å²) in [5, 5.41) is 9.86. The molecule has 0 spiro atoms. The second kappa shape index (κ2) is 5.96. The first-order valence-corrected chi connectivity index (χ1v) is 8.05. The molecule has 0 bridgehead atoms. The van der Waals surface area contributed by atoms with Gasteiger partial charge in [0, 0.05) is 19.0 Å². The molecule has 1 saturated carbocycles. The Hall–Kier alpha value is -1.08. The second-order valence-electron chi connectivity index (χ2n) is 5.62. The zero-order valence-electron chi connectivity index (χ0n) is 11.4. The number of alkyl halides is 2. The lowest BCUT2D eigenvalue weighted by Crippen LogP contribution is -2.30. The molecule has 3 rings (SSSR count). The summed E-state index contributed by atoms with van der Waals surface area (Å²) >= 11 is 0.470. The number of halogens is 2. The van der Waals surface area contributed by atoms with Crippen LogP contribution in [0, 0.1) is 11.8 Å². The Balaban J connectivity index is 1.61. The highest BCUT2D eigenvalue weighted by atomic mass is 32.2. The van der Waals surface area contributed by atoms with Crippen molar-refractivity contribution in [1.82, 2.24) is 4.90 Å². The summed E-state index contributed by atoms with van der Waals surface area (Å²) in [6.45, 7) is 1.19. The van der Waals surface area contributed by atoms with Gasteiger partial charge in [0.25, 0.3) is 11.7 Å². The normalized spacial score (nSPS) is 28.4. The van der Waals surface area contributed by atoms with Gasteiger partial charge in [-0.1, -0.05) is 11.8 Å². The van der Waals surface area contributed by atoms with Crippen LogP contribution in [0.25, 0.3) is 0 Å². The number of likely N-dealkylation sites (tertiary alicyclic amines) is 1. The van der Waals surface area contributed by atoms with Crippen LogP contribution < -0.4 is 0 Å². The van der Waals surface area contributed by atoms with Crippen LogP contribution in [0.5, 0.6) is 0 Å². The van der Waals surface area contributed by atoms with Crippen molar-refractivity contribution in [3.8, 4) is 0 Å². The fraction of sp³-hybridized carbons (Fsp3) is 0.643. The fourth-order valence-electron chi connectivity index (χ4n) is 3.27. The third-order valence-electron chi connectivity index (χ3n) is 4.33. The molecular formula is C14H17F2NO3S. The summed E-state index contributed by atoms with van der Waals surface area (Å²) < 4.78 is 29.6. The number of carbonyl (C=O) groups excluding carboxylic acids is 1. The Morgan fingerprint density at radius 3 is 2.95 bits per heavy atom. The van der Waals surface area contributed by atoms with Gasteiger partial charge in [0.15, 0.2) is 5.76 Å². The molecule has 0 aromatic carbocycles. The van der Waals surface area contributed by atoms with Gasteiger partial charge >= 0.3 is 0 Å². The summed E-state index contributed by atoms with van der Waals surface area (Å²) in [4.78, 5) is 14.0. The van der Waals surface area contributed by atoms with Gasteiger partial charge in [-0.15, -0.1) is 0 Å². The molecule has 1 saturated heterocycles. The molecule has 21 heavy (non-hydrogen) atoms. The molecule has 1 aliphatic carbocycles. The van der Waals surface area contributed by atoms with Gasteiger partial charge in [-0.25, -0.2) is 0 Å². The highest BCUT2D eigenvalue weighted by molar-refractivity contribution is 7.98. The van der Waals surface area contributed by atoms with E-state index in [-0.39, 0.29) is 29.4 Å². The lowest BCUT2D eigenvalue weighted by atomic mass is 10.00. The Labute approximate surface area is 125 Å². The molecule has 7 heteroatoms. The first-order chi connectivity index (χ1) is 10.0. The smallest absolute Gasteiger partial charge is 0.289 e. The van der Waals surface area contributed by atoms with Crippen LogP contribution in [0.3, 0.4) is 0 Å². The van der Waals surface area contributed by atoms with Gasteiger partial charge in [0.05, 0.1) is 11.9 Å². The van der Waals surface area contributed by atoms with Gasteiger partial charge in [0.2, 0.25) is 0 Å². The minimum absolute atomic E-state index is 0.0505. The molecule has 116 valence electrons. The number of thioether (sulfide) groups is 1. The number of amides is 1. The van der Waals surface area contributed by atoms with E-state index in [1.165, 1.54) is 6.07 Å². The maximum absolute atomic E-state index is 12.3. The van der Waals surface area contributed by atoms with Crippen molar-refractivity contribution in [2.45, 2.75) is 30.5 Å². The molecule has 3 atom stereocenters. The minimum atomic E-state index is -2.45. The molecule has 1 aromatic heterocycles. The zero-order chi connectivity index (χ0) is 15.0. The number of aliphatic hydroxyl groups excluding tert-OH is 1. The molecular weight excluding hydrogens is 300 g/mol. The van der Waals surface area contributed by atoms with E-state index in [0.717, 1.165) is 12.8 Å². The average Bonchev–Trinajstić information content (AvgIpc) is 3.13. The van der Waals surface area contributed by atoms with Crippen LogP contribution in [0.4, 0.5) is 8.78 Å². The molecule has 2 heterocycles. The van der Waals surface area contributed by atoms with Gasteiger partial charge in [0.1, 0.15) is 5.76 Å². The van der Waals surface area contributed by atoms with E-state index < -0.39 is 5.76 Å². The number of hydrogen-bond donors (Lipinski definition) is 1. The van der Waals surface area contributed by atoms with Gasteiger partial charge in [-0.3, -0.25) is 4.79 Å². The number of nitrogens with zero attached hydrogens (tertiary/aromatic N) is 1. The number of furan rings is 1. The summed E-state index contributed by atoms with van der Waals surface area (Å²) in [5.74, 6) is -1.52. The number of fused-ring (bicyclic) bond motifs is 1. The number of aliphatic hydroxyl groups is 1. The van der Waals surface area contributed by atoms with E-state index in [1.807, 2.05) is 0 Å². The fourth-order valence-corrected chi connectivity index (χ4v) is 3.72. The van der Waals surface area contributed by atoms with E-state index in [0.29, 0.717) is 36.5 Å². The molecule has 1 aromatic rings. The molecule has 4 nitrogen and oxygen atoms in total. The van der Waals surface area contributed by atoms with Crippen LogP contribution in [0.2, 0.25) is 0 Å². The van der Waals surface area contributed by atoms with Crippen LogP contribution in [0.15, 0.2) is 16.5 Å². The third kappa shape index (κ3) is 3.08. The third-order valence-corrected chi connectivity index (χ3v) is 5.03. The van der Waals surface area contributed by atoms with Crippen LogP contribution in [0.1, 0.15) is 29.2 Å². The maximum atomic E-state index is 12.3. The summed E-state index contributed by atoms with van der Waals surface area (Å²) in [5.41, 5.74) is 0. The van der Waals surface area contributed by atoms with Crippen molar-refractivity contribution in [2.24, 2.45) is 11.8 Å². The van der Waals surface area contributed by atoms with Gasteiger partial charge in [-0.05, 0) is 30.9 Å². The lowest BCUT2D eigenvalue weighted by molar-refractivity contribution is 0.0720. The van der Waals surface area contributed by atoms with Crippen molar-refractivity contribution >= 4 is 17.7 Å². The quantitative estimate of drug-likeness (QED) is 0.927. The molecule has 1 N–H and O–H groups in total. The standard InChI is InChI=1S/C14H17F2NO3S/c15-14(16)21-7-9-2-4-12(20-9)13(19)17-5-8-1-3-11(18)10(8)6-17/h2,4,8,10-11,14,18H,1,3,5-7H2. The molecule has 1 aliphatic heterocycles. The molecule has 1 amide bonds. The van der Waals surface area contributed by atoms with Crippen molar-refractivity contribution in [3.63, 3.8) is 0 Å². The van der Waals surface area contributed by atoms with Gasteiger partial charge in [-0.2, -0.15) is 8.78 Å². The van der Waals surface area contributed by atoms with Crippen molar-refractivity contribution in [1.29, 1.82) is 0 Å². The lowest BCUT2D eigenvalue weighted by Gasteiger charge is -2.17. The largest absolute Gasteiger partial charge is 0.455 e. The van der Waals surface area contributed by atoms with Gasteiger partial charge < -0.3 is 14.4 Å². The number of carbonyl (C=O) groups is 1. The summed E-state index contributed by atoms with van der Waals surface area (Å²) in [6, 6.07) is 3.10. The van der Waals surface area contributed by atoms with Crippen LogP contribution >= 0.6 is 11.8 Å². The summed E-state index contributed by atoms with van der Waals surface area (Å²) in [7, 11) is 0. The van der Waals surface area contributed by atoms with E-state index in [1.54, 1.807) is 11.0 Å². The SMILES string of the molecule is O=C(c1ccc(CSC(F)F)o1)N1CC2CCC(O)C2C1.